The predicted molar refractivity (Wildman–Crippen MR) is 265 cm³/mol. The molecule has 0 amide bonds. The molecule has 0 atom stereocenters. The van der Waals surface area contributed by atoms with Crippen LogP contribution in [0.5, 0.6) is 0 Å². The third-order valence-corrected chi connectivity index (χ3v) is 15.0. The predicted octanol–water partition coefficient (Wildman–Crippen LogP) is 16.5. The van der Waals surface area contributed by atoms with Crippen molar-refractivity contribution in [2.24, 2.45) is 0 Å². The minimum Gasteiger partial charge on any atom is -0.157 e. The molecule has 0 spiro atoms. The zero-order valence-electron chi connectivity index (χ0n) is 36.7. The Morgan fingerprint density at radius 1 is 0.213 bits per heavy atom. The van der Waals surface area contributed by atoms with Crippen LogP contribution >= 0.6 is 7.87 Å². The second-order valence-electron chi connectivity index (χ2n) is 16.5. The van der Waals surface area contributed by atoms with Gasteiger partial charge in [-0.2, -0.15) is 18.7 Å². The summed E-state index contributed by atoms with van der Waals surface area (Å²) >= 11 is 0. The lowest BCUT2D eigenvalue weighted by molar-refractivity contribution is 1.17. The Labute approximate surface area is 364 Å². The van der Waals surface area contributed by atoms with Crippen LogP contribution in [-0.2, 0) is 0 Å². The van der Waals surface area contributed by atoms with Crippen LogP contribution in [0.4, 0.5) is 45.5 Å². The van der Waals surface area contributed by atoms with Crippen LogP contribution in [-0.4, -0.2) is 0 Å². The van der Waals surface area contributed by atoms with Gasteiger partial charge in [-0.3, -0.25) is 0 Å². The van der Waals surface area contributed by atoms with Crippen molar-refractivity contribution in [2.45, 2.75) is 55.4 Å². The second-order valence-corrected chi connectivity index (χ2v) is 19.2. The van der Waals surface area contributed by atoms with Crippen LogP contribution in [0, 0.1) is 55.4 Å². The van der Waals surface area contributed by atoms with E-state index in [0.29, 0.717) is 0 Å². The van der Waals surface area contributed by atoms with E-state index in [1.165, 1.54) is 44.5 Å². The van der Waals surface area contributed by atoms with Gasteiger partial charge in [-0.1, -0.05) is 97.1 Å². The molecule has 0 aliphatic carbocycles. The number of hydrogen-bond donors (Lipinski definition) is 0. The molecule has 0 unspecified atom stereocenters. The van der Waals surface area contributed by atoms with E-state index < -0.39 is 7.87 Å². The van der Waals surface area contributed by atoms with Crippen molar-refractivity contribution in [1.82, 2.24) is 0 Å². The van der Waals surface area contributed by atoms with Gasteiger partial charge in [-0.15, -0.1) is 0 Å². The topological polar surface area (TPSA) is 13.0 Å². The van der Waals surface area contributed by atoms with Crippen molar-refractivity contribution in [3.8, 4) is 0 Å². The lowest BCUT2D eigenvalue weighted by Crippen LogP contribution is -2.48. The largest absolute Gasteiger partial charge is 0.424 e. The zero-order valence-corrected chi connectivity index (χ0v) is 37.6. The molecular formula is C56H56N4P+. The van der Waals surface area contributed by atoms with E-state index in [9.17, 15) is 0 Å². The highest BCUT2D eigenvalue weighted by atomic mass is 31.2. The summed E-state index contributed by atoms with van der Waals surface area (Å²) in [6.07, 6.45) is 0. The van der Waals surface area contributed by atoms with Crippen LogP contribution in [0.15, 0.2) is 194 Å². The van der Waals surface area contributed by atoms with Gasteiger partial charge in [0.05, 0.1) is 45.5 Å². The lowest BCUT2D eigenvalue weighted by Gasteiger charge is -2.52. The van der Waals surface area contributed by atoms with Crippen LogP contribution in [0.3, 0.4) is 0 Å². The molecule has 0 bridgehead atoms. The summed E-state index contributed by atoms with van der Waals surface area (Å²) in [6, 6.07) is 72.5. The zero-order chi connectivity index (χ0) is 42.7. The molecule has 8 aromatic rings. The maximum Gasteiger partial charge on any atom is 0.424 e. The Balaban J connectivity index is 1.74. The smallest absolute Gasteiger partial charge is 0.157 e. The van der Waals surface area contributed by atoms with Crippen molar-refractivity contribution in [2.75, 3.05) is 18.7 Å². The Kier molecular flexibility index (Phi) is 11.8. The van der Waals surface area contributed by atoms with E-state index in [1.54, 1.807) is 0 Å². The molecule has 0 heterocycles. The first kappa shape index (κ1) is 41.1. The van der Waals surface area contributed by atoms with Gasteiger partial charge in [0, 0.05) is 0 Å². The highest BCUT2D eigenvalue weighted by Gasteiger charge is 2.66. The van der Waals surface area contributed by atoms with Crippen molar-refractivity contribution in [3.05, 3.63) is 239 Å². The number of benzene rings is 8. The van der Waals surface area contributed by atoms with Gasteiger partial charge in [-0.05, 0) is 197 Å². The fourth-order valence-electron chi connectivity index (χ4n) is 8.45. The Morgan fingerprint density at radius 2 is 0.344 bits per heavy atom. The van der Waals surface area contributed by atoms with Crippen LogP contribution in [0.25, 0.3) is 0 Å². The Hall–Kier alpha value is -6.61. The van der Waals surface area contributed by atoms with E-state index in [4.69, 9.17) is 0 Å². The molecule has 0 aliphatic rings. The van der Waals surface area contributed by atoms with Crippen molar-refractivity contribution in [3.63, 3.8) is 0 Å². The molecule has 0 saturated heterocycles. The maximum atomic E-state index is 2.69. The molecule has 0 N–H and O–H groups in total. The van der Waals surface area contributed by atoms with Crippen LogP contribution in [0.1, 0.15) is 44.5 Å². The molecule has 0 fully saturated rings. The minimum absolute atomic E-state index is 1.08. The summed E-state index contributed by atoms with van der Waals surface area (Å²) in [6.45, 7) is 17.6. The molecule has 5 heteroatoms. The normalized spacial score (nSPS) is 11.3. The quantitative estimate of drug-likeness (QED) is 0.114. The number of anilines is 8. The molecule has 0 saturated carbocycles. The first-order valence-electron chi connectivity index (χ1n) is 21.2. The Bertz CT molecular complexity index is 2240. The van der Waals surface area contributed by atoms with Gasteiger partial charge in [-0.25, -0.2) is 0 Å². The Morgan fingerprint density at radius 3 is 0.459 bits per heavy atom. The molecule has 4 nitrogen and oxygen atoms in total. The van der Waals surface area contributed by atoms with Gasteiger partial charge < -0.3 is 0 Å². The minimum atomic E-state index is -3.54. The number of hydrogen-bond acceptors (Lipinski definition) is 4. The van der Waals surface area contributed by atoms with E-state index >= 15 is 0 Å². The maximum absolute atomic E-state index is 3.54. The van der Waals surface area contributed by atoms with Crippen LogP contribution in [0.2, 0.25) is 0 Å². The van der Waals surface area contributed by atoms with E-state index in [2.05, 4.69) is 268 Å². The first-order chi connectivity index (χ1) is 29.5. The van der Waals surface area contributed by atoms with Crippen molar-refractivity contribution < 1.29 is 0 Å². The van der Waals surface area contributed by atoms with Gasteiger partial charge in [0.25, 0.3) is 0 Å². The fourth-order valence-corrected chi connectivity index (χ4v) is 13.0. The number of nitrogens with zero attached hydrogens (tertiary/aromatic N) is 4. The second kappa shape index (κ2) is 17.5. The standard InChI is InChI=1S/C56H56N4P/c1-41-17-9-25-49(33-41)57(50-26-10-18-42(2)34-50)61(58(51-27-11-19-43(3)35-51)52-28-12-20-44(4)36-52,59(53-29-13-21-45(5)37-53)54-30-14-22-46(6)38-54)60(55-31-15-23-47(7)39-55)56-32-16-24-48(8)40-56/h9-40H,1-8H3/q+1. The van der Waals surface area contributed by atoms with E-state index in [1.807, 2.05) is 0 Å². The summed E-state index contributed by atoms with van der Waals surface area (Å²) in [5.74, 6) is 0. The van der Waals surface area contributed by atoms with Crippen molar-refractivity contribution in [1.29, 1.82) is 0 Å². The molecule has 8 aromatic carbocycles. The highest BCUT2D eigenvalue weighted by Crippen LogP contribution is 2.80. The van der Waals surface area contributed by atoms with Gasteiger partial charge in [0.2, 0.25) is 0 Å². The molecule has 0 aromatic heterocycles. The average molecular weight is 816 g/mol. The molecule has 61 heavy (non-hydrogen) atoms. The molecule has 0 aliphatic heterocycles. The molecular weight excluding hydrogens is 760 g/mol. The summed E-state index contributed by atoms with van der Waals surface area (Å²) in [5, 5.41) is 0. The number of rotatable bonds is 12. The van der Waals surface area contributed by atoms with Gasteiger partial charge in [0.1, 0.15) is 0 Å². The van der Waals surface area contributed by atoms with Gasteiger partial charge >= 0.3 is 7.87 Å². The average Bonchev–Trinajstić information content (AvgIpc) is 3.22. The van der Waals surface area contributed by atoms with E-state index in [0.717, 1.165) is 45.5 Å². The fraction of sp³-hybridized carbons (Fsp3) is 0.143. The monoisotopic (exact) mass is 815 g/mol. The summed E-state index contributed by atoms with van der Waals surface area (Å²) < 4.78 is 10.8. The third kappa shape index (κ3) is 8.42. The van der Waals surface area contributed by atoms with Crippen LogP contribution < -0.4 is 18.7 Å². The summed E-state index contributed by atoms with van der Waals surface area (Å²) in [7, 11) is -3.54. The number of aryl methyl sites for hydroxylation is 8. The molecule has 304 valence electrons. The third-order valence-electron chi connectivity index (χ3n) is 11.0. The SMILES string of the molecule is Cc1cccc(N(c2cccc(C)c2)[P+](N(c2cccc(C)c2)c2cccc(C)c2)(N(c2cccc(C)c2)c2cccc(C)c2)N(c2cccc(C)c2)c2cccc(C)c2)c1. The van der Waals surface area contributed by atoms with E-state index in [-0.39, 0.29) is 0 Å². The van der Waals surface area contributed by atoms with Crippen molar-refractivity contribution >= 4 is 53.4 Å². The first-order valence-corrected chi connectivity index (χ1v) is 22.8. The summed E-state index contributed by atoms with van der Waals surface area (Å²) in [4.78, 5) is 0. The highest BCUT2D eigenvalue weighted by molar-refractivity contribution is 7.83. The van der Waals surface area contributed by atoms with Gasteiger partial charge in [0.15, 0.2) is 0 Å². The molecule has 0 radical (unpaired) electrons. The lowest BCUT2D eigenvalue weighted by atomic mass is 10.2. The molecule has 8 rings (SSSR count). The summed E-state index contributed by atoms with van der Waals surface area (Å²) in [5.41, 5.74) is 18.1.